The molecule has 2 heterocycles. The average molecular weight is 429 g/mol. The first-order valence-electron chi connectivity index (χ1n) is 10.5. The first-order valence-corrected chi connectivity index (χ1v) is 10.5. The van der Waals surface area contributed by atoms with Crippen LogP contribution >= 0.6 is 0 Å². The van der Waals surface area contributed by atoms with Crippen LogP contribution < -0.4 is 5.56 Å². The molecule has 0 radical (unpaired) electrons. The van der Waals surface area contributed by atoms with Crippen LogP contribution in [0.4, 0.5) is 13.2 Å². The summed E-state index contributed by atoms with van der Waals surface area (Å²) in [6, 6.07) is 13.0. The highest BCUT2D eigenvalue weighted by Crippen LogP contribution is 2.35. The number of halogens is 3. The Labute approximate surface area is 179 Å². The third kappa shape index (κ3) is 4.52. The van der Waals surface area contributed by atoms with Gasteiger partial charge in [-0.1, -0.05) is 25.1 Å². The summed E-state index contributed by atoms with van der Waals surface area (Å²) in [6.45, 7) is 5.17. The number of alkyl halides is 3. The summed E-state index contributed by atoms with van der Waals surface area (Å²) in [6.07, 6.45) is -3.77. The number of piperazine rings is 1. The maximum Gasteiger partial charge on any atom is 0.416 e. The van der Waals surface area contributed by atoms with Crippen LogP contribution in [0.3, 0.4) is 0 Å². The van der Waals surface area contributed by atoms with Crippen molar-refractivity contribution < 1.29 is 13.2 Å². The molecule has 31 heavy (non-hydrogen) atoms. The molecule has 7 heteroatoms. The van der Waals surface area contributed by atoms with Crippen molar-refractivity contribution in [3.8, 4) is 0 Å². The van der Waals surface area contributed by atoms with E-state index in [1.807, 2.05) is 31.2 Å². The fourth-order valence-corrected chi connectivity index (χ4v) is 4.28. The lowest BCUT2D eigenvalue weighted by Gasteiger charge is -2.38. The standard InChI is InChI=1S/C24H26F3N3O/c1-3-16-13-19-14-18(7-8-21(19)28-23(16)31)22(30-11-9-29(2)10-12-30)17-5-4-6-20(15-17)24(25,26)27/h4-8,13-15,22H,3,9-12H2,1-2H3,(H,28,31). The van der Waals surface area contributed by atoms with Gasteiger partial charge >= 0.3 is 6.18 Å². The zero-order valence-corrected chi connectivity index (χ0v) is 17.7. The van der Waals surface area contributed by atoms with Crippen molar-refractivity contribution in [2.75, 3.05) is 33.2 Å². The number of H-pyrrole nitrogens is 1. The van der Waals surface area contributed by atoms with E-state index in [1.54, 1.807) is 6.07 Å². The molecular formula is C24H26F3N3O. The van der Waals surface area contributed by atoms with Gasteiger partial charge in [0.1, 0.15) is 0 Å². The number of aromatic nitrogens is 1. The Kier molecular flexibility index (Phi) is 5.90. The Balaban J connectivity index is 1.83. The molecule has 1 aliphatic heterocycles. The van der Waals surface area contributed by atoms with E-state index in [0.29, 0.717) is 17.5 Å². The first kappa shape index (κ1) is 21.6. The molecule has 0 amide bonds. The molecule has 4 rings (SSSR count). The van der Waals surface area contributed by atoms with Gasteiger partial charge < -0.3 is 9.88 Å². The second kappa shape index (κ2) is 8.48. The van der Waals surface area contributed by atoms with Crippen LogP contribution in [-0.4, -0.2) is 48.0 Å². The molecule has 3 aromatic rings. The minimum atomic E-state index is -4.39. The third-order valence-corrected chi connectivity index (χ3v) is 6.07. The fraction of sp³-hybridized carbons (Fsp3) is 0.375. The lowest BCUT2D eigenvalue weighted by atomic mass is 9.93. The molecule has 0 spiro atoms. The van der Waals surface area contributed by atoms with E-state index in [1.165, 1.54) is 12.1 Å². The van der Waals surface area contributed by atoms with E-state index in [-0.39, 0.29) is 11.6 Å². The number of benzene rings is 2. The Morgan fingerprint density at radius 3 is 2.39 bits per heavy atom. The second-order valence-corrected chi connectivity index (χ2v) is 8.19. The molecule has 4 nitrogen and oxygen atoms in total. The topological polar surface area (TPSA) is 39.3 Å². The number of pyridine rings is 1. The zero-order chi connectivity index (χ0) is 22.2. The summed E-state index contributed by atoms with van der Waals surface area (Å²) in [5.74, 6) is 0. The van der Waals surface area contributed by atoms with Gasteiger partial charge in [-0.25, -0.2) is 0 Å². The summed E-state index contributed by atoms with van der Waals surface area (Å²) in [5.41, 5.74) is 2.23. The van der Waals surface area contributed by atoms with Crippen LogP contribution in [0, 0.1) is 0 Å². The Hall–Kier alpha value is -2.64. The van der Waals surface area contributed by atoms with Gasteiger partial charge in [0.15, 0.2) is 0 Å². The molecule has 1 N–H and O–H groups in total. The number of likely N-dealkylation sites (N-methyl/N-ethyl adjacent to an activating group) is 1. The number of aromatic amines is 1. The minimum absolute atomic E-state index is 0.101. The molecule has 164 valence electrons. The van der Waals surface area contributed by atoms with Crippen molar-refractivity contribution in [3.63, 3.8) is 0 Å². The molecule has 1 unspecified atom stereocenters. The summed E-state index contributed by atoms with van der Waals surface area (Å²) < 4.78 is 40.2. The number of nitrogens with zero attached hydrogens (tertiary/aromatic N) is 2. The quantitative estimate of drug-likeness (QED) is 0.666. The van der Waals surface area contributed by atoms with Crippen LogP contribution in [0.15, 0.2) is 53.3 Å². The van der Waals surface area contributed by atoms with Crippen LogP contribution in [0.1, 0.15) is 35.2 Å². The Bertz CT molecular complexity index is 1130. The van der Waals surface area contributed by atoms with Crippen LogP contribution in [-0.2, 0) is 12.6 Å². The number of fused-ring (bicyclic) bond motifs is 1. The van der Waals surface area contributed by atoms with Crippen molar-refractivity contribution >= 4 is 10.9 Å². The van der Waals surface area contributed by atoms with Gasteiger partial charge in [0.25, 0.3) is 5.56 Å². The summed E-state index contributed by atoms with van der Waals surface area (Å²) in [4.78, 5) is 19.5. The zero-order valence-electron chi connectivity index (χ0n) is 17.7. The SMILES string of the molecule is CCc1cc2cc(C(c3cccc(C(F)(F)F)c3)N3CCN(C)CC3)ccc2[nH]c1=O. The number of aryl methyl sites for hydroxylation is 1. The predicted octanol–water partition coefficient (Wildman–Crippen LogP) is 4.45. The van der Waals surface area contributed by atoms with Gasteiger partial charge in [0, 0.05) is 37.3 Å². The number of nitrogens with one attached hydrogen (secondary N) is 1. The summed E-state index contributed by atoms with van der Waals surface area (Å²) in [7, 11) is 2.05. The molecule has 2 aromatic carbocycles. The number of hydrogen-bond donors (Lipinski definition) is 1. The molecule has 1 atom stereocenters. The van der Waals surface area contributed by atoms with Gasteiger partial charge in [-0.15, -0.1) is 0 Å². The monoisotopic (exact) mass is 429 g/mol. The lowest BCUT2D eigenvalue weighted by molar-refractivity contribution is -0.137. The van der Waals surface area contributed by atoms with Crippen molar-refractivity contribution in [2.24, 2.45) is 0 Å². The number of rotatable bonds is 4. The average Bonchev–Trinajstić information content (AvgIpc) is 2.74. The maximum atomic E-state index is 13.4. The van der Waals surface area contributed by atoms with Gasteiger partial charge in [-0.2, -0.15) is 13.2 Å². The molecule has 1 fully saturated rings. The van der Waals surface area contributed by atoms with E-state index in [0.717, 1.165) is 48.7 Å². The van der Waals surface area contributed by atoms with E-state index in [9.17, 15) is 18.0 Å². The molecule has 1 aliphatic rings. The number of hydrogen-bond acceptors (Lipinski definition) is 3. The van der Waals surface area contributed by atoms with E-state index in [2.05, 4.69) is 21.8 Å². The molecule has 1 aromatic heterocycles. The summed E-state index contributed by atoms with van der Waals surface area (Å²) in [5, 5.41) is 0.889. The normalized spacial score (nSPS) is 17.2. The van der Waals surface area contributed by atoms with Crippen molar-refractivity contribution in [2.45, 2.75) is 25.6 Å². The summed E-state index contributed by atoms with van der Waals surface area (Å²) >= 11 is 0. The Morgan fingerprint density at radius 1 is 1.00 bits per heavy atom. The van der Waals surface area contributed by atoms with Crippen LogP contribution in [0.25, 0.3) is 10.9 Å². The predicted molar refractivity (Wildman–Crippen MR) is 116 cm³/mol. The third-order valence-electron chi connectivity index (χ3n) is 6.07. The smallest absolute Gasteiger partial charge is 0.322 e. The Morgan fingerprint density at radius 2 is 1.71 bits per heavy atom. The van der Waals surface area contributed by atoms with Gasteiger partial charge in [-0.05, 0) is 60.3 Å². The van der Waals surface area contributed by atoms with E-state index in [4.69, 9.17) is 0 Å². The highest BCUT2D eigenvalue weighted by molar-refractivity contribution is 5.80. The van der Waals surface area contributed by atoms with Gasteiger partial charge in [-0.3, -0.25) is 9.69 Å². The highest BCUT2D eigenvalue weighted by atomic mass is 19.4. The molecule has 0 saturated carbocycles. The highest BCUT2D eigenvalue weighted by Gasteiger charge is 2.32. The minimum Gasteiger partial charge on any atom is -0.322 e. The van der Waals surface area contributed by atoms with Crippen LogP contribution in [0.2, 0.25) is 0 Å². The molecule has 1 saturated heterocycles. The largest absolute Gasteiger partial charge is 0.416 e. The van der Waals surface area contributed by atoms with E-state index >= 15 is 0 Å². The van der Waals surface area contributed by atoms with Crippen molar-refractivity contribution in [1.29, 1.82) is 0 Å². The fourth-order valence-electron chi connectivity index (χ4n) is 4.28. The first-order chi connectivity index (χ1) is 14.8. The second-order valence-electron chi connectivity index (χ2n) is 8.19. The van der Waals surface area contributed by atoms with Gasteiger partial charge in [0.05, 0.1) is 11.6 Å². The lowest BCUT2D eigenvalue weighted by Crippen LogP contribution is -2.46. The van der Waals surface area contributed by atoms with Gasteiger partial charge in [0.2, 0.25) is 0 Å². The molecule has 0 aliphatic carbocycles. The van der Waals surface area contributed by atoms with Crippen LogP contribution in [0.5, 0.6) is 0 Å². The van der Waals surface area contributed by atoms with Crippen molar-refractivity contribution in [3.05, 3.63) is 81.1 Å². The molecular weight excluding hydrogens is 403 g/mol. The van der Waals surface area contributed by atoms with Crippen molar-refractivity contribution in [1.82, 2.24) is 14.8 Å². The van der Waals surface area contributed by atoms with E-state index < -0.39 is 11.7 Å². The molecule has 0 bridgehead atoms. The maximum absolute atomic E-state index is 13.4.